The van der Waals surface area contributed by atoms with E-state index in [2.05, 4.69) is 38.8 Å². The second-order valence-corrected chi connectivity index (χ2v) is 8.39. The molecule has 32 heavy (non-hydrogen) atoms. The van der Waals surface area contributed by atoms with Gasteiger partial charge >= 0.3 is 11.9 Å². The number of ether oxygens (including phenoxy) is 2. The molecule has 0 aromatic carbocycles. The maximum absolute atomic E-state index is 11.1. The van der Waals surface area contributed by atoms with Gasteiger partial charge in [0.15, 0.2) is 0 Å². The largest absolute Gasteiger partial charge is 0.462 e. The first-order valence-electron chi connectivity index (χ1n) is 12.7. The monoisotopic (exact) mass is 453 g/mol. The van der Waals surface area contributed by atoms with E-state index in [1.165, 1.54) is 64.2 Å². The maximum Gasteiger partial charge on any atom is 0.333 e. The lowest BCUT2D eigenvalue weighted by atomic mass is 10.1. The van der Waals surface area contributed by atoms with Gasteiger partial charge < -0.3 is 14.4 Å². The van der Waals surface area contributed by atoms with E-state index in [1.807, 2.05) is 0 Å². The van der Waals surface area contributed by atoms with Crippen molar-refractivity contribution in [3.05, 3.63) is 24.3 Å². The molecule has 0 spiro atoms. The molecule has 0 N–H and O–H groups in total. The van der Waals surface area contributed by atoms with Crippen LogP contribution in [-0.4, -0.2) is 49.7 Å². The van der Waals surface area contributed by atoms with Crippen molar-refractivity contribution in [2.24, 2.45) is 0 Å². The van der Waals surface area contributed by atoms with Crippen molar-refractivity contribution in [2.45, 2.75) is 105 Å². The van der Waals surface area contributed by atoms with Crippen LogP contribution in [0.5, 0.6) is 0 Å². The third-order valence-corrected chi connectivity index (χ3v) is 5.21. The van der Waals surface area contributed by atoms with Gasteiger partial charge in [0.05, 0.1) is 6.61 Å². The van der Waals surface area contributed by atoms with Gasteiger partial charge in [0.2, 0.25) is 0 Å². The molecule has 0 heterocycles. The second kappa shape index (κ2) is 24.0. The smallest absolute Gasteiger partial charge is 0.333 e. The molecule has 0 amide bonds. The zero-order valence-electron chi connectivity index (χ0n) is 21.8. The number of carbonyl (C=O) groups excluding carboxylic acids is 2. The summed E-state index contributed by atoms with van der Waals surface area (Å²) in [6.07, 6.45) is 14.4. The molecular weight excluding hydrogens is 402 g/mol. The maximum atomic E-state index is 11.1. The van der Waals surface area contributed by atoms with Crippen molar-refractivity contribution >= 4 is 11.9 Å². The number of carbonyl (C=O) groups is 2. The van der Waals surface area contributed by atoms with Gasteiger partial charge in [-0.1, -0.05) is 98.1 Å². The van der Waals surface area contributed by atoms with Crippen LogP contribution < -0.4 is 0 Å². The molecule has 0 rings (SSSR count). The summed E-state index contributed by atoms with van der Waals surface area (Å²) in [5, 5.41) is 0. The quantitative estimate of drug-likeness (QED) is 0.121. The van der Waals surface area contributed by atoms with Crippen molar-refractivity contribution in [1.29, 1.82) is 0 Å². The van der Waals surface area contributed by atoms with Gasteiger partial charge in [0.25, 0.3) is 0 Å². The first-order chi connectivity index (χ1) is 15.3. The number of esters is 2. The fraction of sp³-hybridized carbons (Fsp3) is 0.778. The minimum Gasteiger partial charge on any atom is -0.462 e. The number of nitrogens with zero attached hydrogens (tertiary/aromatic N) is 1. The summed E-state index contributed by atoms with van der Waals surface area (Å²) in [5.74, 6) is -0.556. The number of likely N-dealkylation sites (N-methyl/N-ethyl adjacent to an activating group) is 1. The van der Waals surface area contributed by atoms with E-state index in [0.29, 0.717) is 24.4 Å². The zero-order valence-corrected chi connectivity index (χ0v) is 21.8. The summed E-state index contributed by atoms with van der Waals surface area (Å²) < 4.78 is 10.0. The summed E-state index contributed by atoms with van der Waals surface area (Å²) in [4.78, 5) is 24.3. The molecule has 0 unspecified atom stereocenters. The van der Waals surface area contributed by atoms with Crippen LogP contribution in [0.15, 0.2) is 24.3 Å². The lowest BCUT2D eigenvalue weighted by molar-refractivity contribution is -0.140. The van der Waals surface area contributed by atoms with Crippen molar-refractivity contribution in [3.8, 4) is 0 Å². The summed E-state index contributed by atoms with van der Waals surface area (Å²) >= 11 is 0. The Balaban J connectivity index is 0. The highest BCUT2D eigenvalue weighted by atomic mass is 16.5. The fourth-order valence-electron chi connectivity index (χ4n) is 2.98. The second-order valence-electron chi connectivity index (χ2n) is 8.39. The molecule has 0 aromatic heterocycles. The van der Waals surface area contributed by atoms with Crippen molar-refractivity contribution in [3.63, 3.8) is 0 Å². The lowest BCUT2D eigenvalue weighted by Crippen LogP contribution is -2.27. The van der Waals surface area contributed by atoms with Crippen LogP contribution in [0.2, 0.25) is 0 Å². The number of rotatable bonds is 19. The Labute approximate surface area is 198 Å². The van der Waals surface area contributed by atoms with Crippen LogP contribution in [0.25, 0.3) is 0 Å². The minimum absolute atomic E-state index is 0.257. The average molecular weight is 454 g/mol. The highest BCUT2D eigenvalue weighted by Gasteiger charge is 2.04. The molecule has 0 aromatic rings. The van der Waals surface area contributed by atoms with Gasteiger partial charge in [-0.05, 0) is 33.4 Å². The topological polar surface area (TPSA) is 55.8 Å². The van der Waals surface area contributed by atoms with E-state index in [0.717, 1.165) is 26.1 Å². The van der Waals surface area contributed by atoms with Gasteiger partial charge in [-0.3, -0.25) is 0 Å². The van der Waals surface area contributed by atoms with Crippen molar-refractivity contribution in [1.82, 2.24) is 4.90 Å². The van der Waals surface area contributed by atoms with E-state index in [1.54, 1.807) is 13.8 Å². The van der Waals surface area contributed by atoms with Crippen LogP contribution in [-0.2, 0) is 19.1 Å². The third-order valence-electron chi connectivity index (χ3n) is 5.21. The highest BCUT2D eigenvalue weighted by Crippen LogP contribution is 2.11. The Morgan fingerprint density at radius 1 is 0.625 bits per heavy atom. The Hall–Kier alpha value is -1.62. The number of unbranched alkanes of at least 4 members (excludes halogenated alkanes) is 10. The van der Waals surface area contributed by atoms with Gasteiger partial charge in [-0.25, -0.2) is 9.59 Å². The summed E-state index contributed by atoms with van der Waals surface area (Å²) in [5.41, 5.74) is 0.947. The predicted molar refractivity (Wildman–Crippen MR) is 136 cm³/mol. The van der Waals surface area contributed by atoms with Gasteiger partial charge in [-0.2, -0.15) is 0 Å². The fourth-order valence-corrected chi connectivity index (χ4v) is 2.98. The third kappa shape index (κ3) is 23.1. The van der Waals surface area contributed by atoms with Gasteiger partial charge in [0.1, 0.15) is 6.61 Å². The van der Waals surface area contributed by atoms with Gasteiger partial charge in [-0.15, -0.1) is 0 Å². The Bertz CT molecular complexity index is 498. The zero-order chi connectivity index (χ0) is 24.6. The molecule has 0 aliphatic rings. The molecule has 0 aliphatic carbocycles. The molecule has 188 valence electrons. The van der Waals surface area contributed by atoms with Gasteiger partial charge in [0, 0.05) is 17.7 Å². The molecular formula is C27H51NO4. The highest BCUT2D eigenvalue weighted by molar-refractivity contribution is 5.87. The molecule has 0 saturated carbocycles. The molecule has 0 radical (unpaired) electrons. The van der Waals surface area contributed by atoms with E-state index in [9.17, 15) is 9.59 Å². The molecule has 0 aliphatic heterocycles. The number of hydrogen-bond donors (Lipinski definition) is 0. The molecule has 5 nitrogen and oxygen atoms in total. The van der Waals surface area contributed by atoms with Crippen LogP contribution in [0.1, 0.15) is 105 Å². The number of hydrogen-bond acceptors (Lipinski definition) is 5. The Morgan fingerprint density at radius 3 is 1.38 bits per heavy atom. The molecule has 0 saturated heterocycles. The van der Waals surface area contributed by atoms with Crippen molar-refractivity contribution < 1.29 is 19.1 Å². The van der Waals surface area contributed by atoms with Crippen molar-refractivity contribution in [2.75, 3.05) is 32.8 Å². The van der Waals surface area contributed by atoms with Crippen LogP contribution in [0.4, 0.5) is 0 Å². The van der Waals surface area contributed by atoms with E-state index in [-0.39, 0.29) is 11.9 Å². The SMILES string of the molecule is C=C(C)C(=O)OCCCCCCCCCCCCC.C=C(C)C(=O)OCCN(CC)CC. The van der Waals surface area contributed by atoms with E-state index >= 15 is 0 Å². The van der Waals surface area contributed by atoms with Crippen LogP contribution >= 0.6 is 0 Å². The summed E-state index contributed by atoms with van der Waals surface area (Å²) in [6, 6.07) is 0. The minimum atomic E-state index is -0.299. The summed E-state index contributed by atoms with van der Waals surface area (Å²) in [6.45, 7) is 20.6. The predicted octanol–water partition coefficient (Wildman–Crippen LogP) is 6.86. The molecule has 0 fully saturated rings. The first kappa shape index (κ1) is 32.6. The summed E-state index contributed by atoms with van der Waals surface area (Å²) in [7, 11) is 0. The lowest BCUT2D eigenvalue weighted by Gasteiger charge is -2.17. The van der Waals surface area contributed by atoms with Crippen LogP contribution in [0, 0.1) is 0 Å². The molecule has 0 bridgehead atoms. The normalized spacial score (nSPS) is 10.3. The standard InChI is InChI=1S/C17H32O2.C10H19NO2/c1-4-5-6-7-8-9-10-11-12-13-14-15-19-17(18)16(2)3;1-5-11(6-2)7-8-13-10(12)9(3)4/h2,4-15H2,1,3H3;3,5-8H2,1-2,4H3. The van der Waals surface area contributed by atoms with Crippen LogP contribution in [0.3, 0.4) is 0 Å². The average Bonchev–Trinajstić information content (AvgIpc) is 2.77. The Kier molecular flexibility index (Phi) is 24.5. The Morgan fingerprint density at radius 2 is 1.00 bits per heavy atom. The molecule has 0 atom stereocenters. The van der Waals surface area contributed by atoms with E-state index in [4.69, 9.17) is 9.47 Å². The van der Waals surface area contributed by atoms with E-state index < -0.39 is 0 Å². The first-order valence-corrected chi connectivity index (χ1v) is 12.7. The molecule has 5 heteroatoms.